The SMILES string of the molecule is CC(Oc1cc(OC2CCN(C)CC2)c2c(Nc3ccc(F)c(Cl)c3)ncnc2c1)C1CCNCC1. The number of nitrogens with zero attached hydrogens (tertiary/aromatic N) is 3. The van der Waals surface area contributed by atoms with Gasteiger partial charge in [0.15, 0.2) is 0 Å². The zero-order valence-corrected chi connectivity index (χ0v) is 21.5. The first-order valence-corrected chi connectivity index (χ1v) is 13.1. The van der Waals surface area contributed by atoms with Gasteiger partial charge in [-0.25, -0.2) is 14.4 Å². The van der Waals surface area contributed by atoms with Gasteiger partial charge >= 0.3 is 0 Å². The monoisotopic (exact) mass is 513 g/mol. The summed E-state index contributed by atoms with van der Waals surface area (Å²) in [4.78, 5) is 11.3. The minimum atomic E-state index is -0.467. The number of aromatic nitrogens is 2. The Hall–Kier alpha value is -2.68. The number of halogens is 2. The molecule has 0 aliphatic carbocycles. The number of likely N-dealkylation sites (tertiary alicyclic amines) is 1. The summed E-state index contributed by atoms with van der Waals surface area (Å²) in [6.45, 7) is 6.16. The average molecular weight is 514 g/mol. The molecule has 3 heterocycles. The normalized spacial score (nSPS) is 18.8. The lowest BCUT2D eigenvalue weighted by molar-refractivity contribution is 0.113. The van der Waals surface area contributed by atoms with Crippen LogP contribution < -0.4 is 20.1 Å². The Balaban J connectivity index is 1.49. The molecule has 2 aromatic carbocycles. The van der Waals surface area contributed by atoms with Crippen LogP contribution in [0.15, 0.2) is 36.7 Å². The first-order valence-electron chi connectivity index (χ1n) is 12.7. The van der Waals surface area contributed by atoms with Gasteiger partial charge in [-0.2, -0.15) is 0 Å². The van der Waals surface area contributed by atoms with E-state index in [-0.39, 0.29) is 17.2 Å². The molecule has 7 nitrogen and oxygen atoms in total. The Bertz CT molecular complexity index is 1200. The lowest BCUT2D eigenvalue weighted by Gasteiger charge is -2.30. The summed E-state index contributed by atoms with van der Waals surface area (Å²) < 4.78 is 26.7. The van der Waals surface area contributed by atoms with Crippen LogP contribution >= 0.6 is 11.6 Å². The predicted octanol–water partition coefficient (Wildman–Crippen LogP) is 5.41. The van der Waals surface area contributed by atoms with Crippen molar-refractivity contribution in [1.29, 1.82) is 0 Å². The van der Waals surface area contributed by atoms with Crippen LogP contribution in [-0.4, -0.2) is 60.3 Å². The number of hydrogen-bond donors (Lipinski definition) is 2. The van der Waals surface area contributed by atoms with Gasteiger partial charge < -0.3 is 25.0 Å². The van der Waals surface area contributed by atoms with Gasteiger partial charge in [0.05, 0.1) is 22.0 Å². The van der Waals surface area contributed by atoms with Crippen molar-refractivity contribution in [2.45, 2.75) is 44.8 Å². The predicted molar refractivity (Wildman–Crippen MR) is 141 cm³/mol. The molecule has 1 unspecified atom stereocenters. The maximum Gasteiger partial charge on any atom is 0.145 e. The fourth-order valence-electron chi connectivity index (χ4n) is 5.00. The smallest absolute Gasteiger partial charge is 0.145 e. The molecule has 0 saturated carbocycles. The van der Waals surface area contributed by atoms with E-state index in [4.69, 9.17) is 21.1 Å². The van der Waals surface area contributed by atoms with Crippen molar-refractivity contribution >= 4 is 34.0 Å². The highest BCUT2D eigenvalue weighted by atomic mass is 35.5. The summed E-state index contributed by atoms with van der Waals surface area (Å²) in [5.41, 5.74) is 1.35. The second-order valence-electron chi connectivity index (χ2n) is 9.82. The topological polar surface area (TPSA) is 71.5 Å². The maximum absolute atomic E-state index is 13.7. The second kappa shape index (κ2) is 11.2. The van der Waals surface area contributed by atoms with Gasteiger partial charge in [0.1, 0.15) is 35.6 Å². The highest BCUT2D eigenvalue weighted by Gasteiger charge is 2.24. The molecule has 0 radical (unpaired) electrons. The Kier molecular flexibility index (Phi) is 7.74. The Morgan fingerprint density at radius 2 is 1.89 bits per heavy atom. The van der Waals surface area contributed by atoms with Crippen molar-refractivity contribution in [2.75, 3.05) is 38.5 Å². The fourth-order valence-corrected chi connectivity index (χ4v) is 5.18. The minimum Gasteiger partial charge on any atom is -0.490 e. The third-order valence-electron chi connectivity index (χ3n) is 7.19. The third kappa shape index (κ3) is 5.82. The molecule has 2 aliphatic heterocycles. The van der Waals surface area contributed by atoms with Crippen molar-refractivity contribution in [2.24, 2.45) is 5.92 Å². The van der Waals surface area contributed by atoms with Crippen LogP contribution in [0, 0.1) is 11.7 Å². The number of fused-ring (bicyclic) bond motifs is 1. The molecule has 2 fully saturated rings. The zero-order valence-electron chi connectivity index (χ0n) is 20.8. The molecule has 1 aromatic heterocycles. The van der Waals surface area contributed by atoms with E-state index in [0.29, 0.717) is 23.2 Å². The van der Waals surface area contributed by atoms with Crippen LogP contribution in [-0.2, 0) is 0 Å². The van der Waals surface area contributed by atoms with Crippen LogP contribution in [0.5, 0.6) is 11.5 Å². The van der Waals surface area contributed by atoms with Gasteiger partial charge in [-0.05, 0) is 76.9 Å². The van der Waals surface area contributed by atoms with Crippen molar-refractivity contribution < 1.29 is 13.9 Å². The molecule has 1 atom stereocenters. The first-order chi connectivity index (χ1) is 17.5. The third-order valence-corrected chi connectivity index (χ3v) is 7.48. The van der Waals surface area contributed by atoms with Crippen LogP contribution in [0.25, 0.3) is 10.9 Å². The number of hydrogen-bond acceptors (Lipinski definition) is 7. The van der Waals surface area contributed by atoms with Crippen molar-refractivity contribution in [3.8, 4) is 11.5 Å². The molecule has 5 rings (SSSR count). The van der Waals surface area contributed by atoms with E-state index in [9.17, 15) is 4.39 Å². The van der Waals surface area contributed by atoms with E-state index < -0.39 is 5.82 Å². The largest absolute Gasteiger partial charge is 0.490 e. The Morgan fingerprint density at radius 3 is 2.64 bits per heavy atom. The highest BCUT2D eigenvalue weighted by Crippen LogP contribution is 2.38. The molecular formula is C27H33ClFN5O2. The Labute approximate surface area is 216 Å². The Morgan fingerprint density at radius 1 is 1.11 bits per heavy atom. The molecule has 36 heavy (non-hydrogen) atoms. The number of benzene rings is 2. The molecule has 9 heteroatoms. The van der Waals surface area contributed by atoms with Gasteiger partial charge in [0.25, 0.3) is 0 Å². The van der Waals surface area contributed by atoms with E-state index >= 15 is 0 Å². The van der Waals surface area contributed by atoms with E-state index in [1.807, 2.05) is 12.1 Å². The average Bonchev–Trinajstić information content (AvgIpc) is 2.88. The van der Waals surface area contributed by atoms with Gasteiger partial charge in [-0.15, -0.1) is 0 Å². The zero-order chi connectivity index (χ0) is 25.1. The van der Waals surface area contributed by atoms with Gasteiger partial charge in [-0.3, -0.25) is 0 Å². The molecule has 3 aromatic rings. The molecule has 2 N–H and O–H groups in total. The lowest BCUT2D eigenvalue weighted by Crippen LogP contribution is -2.36. The molecule has 2 aliphatic rings. The summed E-state index contributed by atoms with van der Waals surface area (Å²) in [7, 11) is 2.13. The van der Waals surface area contributed by atoms with E-state index in [2.05, 4.69) is 39.5 Å². The van der Waals surface area contributed by atoms with Gasteiger partial charge in [0, 0.05) is 30.9 Å². The van der Waals surface area contributed by atoms with E-state index in [0.717, 1.165) is 68.5 Å². The summed E-state index contributed by atoms with van der Waals surface area (Å²) in [5.74, 6) is 2.04. The molecule has 2 saturated heterocycles. The van der Waals surface area contributed by atoms with Crippen LogP contribution in [0.1, 0.15) is 32.6 Å². The summed E-state index contributed by atoms with van der Waals surface area (Å²) in [6.07, 6.45) is 5.78. The van der Waals surface area contributed by atoms with Crippen molar-refractivity contribution in [3.63, 3.8) is 0 Å². The fraction of sp³-hybridized carbons (Fsp3) is 0.481. The number of piperidine rings is 2. The van der Waals surface area contributed by atoms with Crippen molar-refractivity contribution in [1.82, 2.24) is 20.2 Å². The van der Waals surface area contributed by atoms with E-state index in [1.54, 1.807) is 12.1 Å². The number of anilines is 2. The number of ether oxygens (including phenoxy) is 2. The van der Waals surface area contributed by atoms with Gasteiger partial charge in [0.2, 0.25) is 0 Å². The van der Waals surface area contributed by atoms with E-state index in [1.165, 1.54) is 12.4 Å². The maximum atomic E-state index is 13.7. The first kappa shape index (κ1) is 25.0. The van der Waals surface area contributed by atoms with Crippen LogP contribution in [0.4, 0.5) is 15.9 Å². The summed E-state index contributed by atoms with van der Waals surface area (Å²) in [6, 6.07) is 8.41. The second-order valence-corrected chi connectivity index (χ2v) is 10.2. The molecular weight excluding hydrogens is 481 g/mol. The molecule has 0 bridgehead atoms. The standard InChI is InChI=1S/C27H33ClFN5O2/c1-17(18-5-9-30-10-6-18)35-21-14-24-26(25(15-21)36-20-7-11-34(2)12-8-20)27(32-16-31-24)33-19-3-4-23(29)22(28)13-19/h3-4,13-18,20,30H,5-12H2,1-2H3,(H,31,32,33). The summed E-state index contributed by atoms with van der Waals surface area (Å²) in [5, 5.41) is 7.50. The van der Waals surface area contributed by atoms with Gasteiger partial charge in [-0.1, -0.05) is 11.6 Å². The van der Waals surface area contributed by atoms with Crippen LogP contribution in [0.3, 0.4) is 0 Å². The quantitative estimate of drug-likeness (QED) is 0.438. The van der Waals surface area contributed by atoms with Crippen molar-refractivity contribution in [3.05, 3.63) is 47.5 Å². The highest BCUT2D eigenvalue weighted by molar-refractivity contribution is 6.31. The molecule has 192 valence electrons. The molecule has 0 amide bonds. The number of rotatable bonds is 7. The van der Waals surface area contributed by atoms with Crippen LogP contribution in [0.2, 0.25) is 5.02 Å². The summed E-state index contributed by atoms with van der Waals surface area (Å²) >= 11 is 6.01. The lowest BCUT2D eigenvalue weighted by atomic mass is 9.93. The molecule has 0 spiro atoms. The minimum absolute atomic E-state index is 0.0451. The number of nitrogens with one attached hydrogen (secondary N) is 2.